The summed E-state index contributed by atoms with van der Waals surface area (Å²) in [5.41, 5.74) is -0.258. The Hall–Kier alpha value is -2.26. The summed E-state index contributed by atoms with van der Waals surface area (Å²) in [5, 5.41) is 3.09. The highest BCUT2D eigenvalue weighted by atomic mass is 16.5. The first-order valence-corrected chi connectivity index (χ1v) is 26.8. The molecule has 0 radical (unpaired) electrons. The lowest BCUT2D eigenvalue weighted by atomic mass is 10.0. The summed E-state index contributed by atoms with van der Waals surface area (Å²) in [7, 11) is 1.76. The van der Waals surface area contributed by atoms with Crippen molar-refractivity contribution in [2.24, 2.45) is 0 Å². The van der Waals surface area contributed by atoms with Gasteiger partial charge >= 0.3 is 0 Å². The third kappa shape index (κ3) is 47.5. The molecule has 374 valence electrons. The van der Waals surface area contributed by atoms with E-state index in [2.05, 4.69) is 44.8 Å². The first-order valence-electron chi connectivity index (χ1n) is 26.8. The van der Waals surface area contributed by atoms with Gasteiger partial charge in [-0.2, -0.15) is 0 Å². The molecule has 0 aliphatic rings. The van der Waals surface area contributed by atoms with Crippen LogP contribution in [0.25, 0.3) is 0 Å². The lowest BCUT2D eigenvalue weighted by molar-refractivity contribution is -0.135. The molecule has 0 aliphatic carbocycles. The van der Waals surface area contributed by atoms with Crippen molar-refractivity contribution in [3.05, 3.63) is 26.5 Å². The molecule has 0 fully saturated rings. The summed E-state index contributed by atoms with van der Waals surface area (Å²) in [6.45, 7) is 21.2. The van der Waals surface area contributed by atoms with Gasteiger partial charge in [0.1, 0.15) is 12.2 Å². The van der Waals surface area contributed by atoms with E-state index in [1.54, 1.807) is 7.11 Å². The Morgan fingerprint density at radius 1 is 0.508 bits per heavy atom. The molecule has 1 aromatic rings. The fourth-order valence-electron chi connectivity index (χ4n) is 7.62. The van der Waals surface area contributed by atoms with Gasteiger partial charge in [-0.3, -0.25) is 19.2 Å². The smallest absolute Gasteiger partial charge is 0.293 e. The standard InChI is InChI=1S/C22H40N2O3.C18H36O2.C12H24O2.C2H6/c1-3-4-5-6-7-10-15-24(16-11-8-9-12-18-27-2)17-13-14-23-20-19-21(25)22(20)26;1-3-5-7-9-11-13-15-18(20-17-19)16-14-12-10-8-6-4-2;1-3-5-6-7-8-9-10-12(4-2)14-11-13;1-2/h19,23H,3-18H2,1-2H3;17-18H,3-16H2,1-2H3;11-12H,3-10H2,1-2H3;1-2H3. The number of hydrogen-bond donors (Lipinski definition) is 1. The molecule has 9 nitrogen and oxygen atoms in total. The first kappa shape index (κ1) is 65.0. The minimum atomic E-state index is -0.379. The highest BCUT2D eigenvalue weighted by Gasteiger charge is 2.11. The zero-order valence-electron chi connectivity index (χ0n) is 43.1. The van der Waals surface area contributed by atoms with Gasteiger partial charge < -0.3 is 24.4 Å². The molecule has 9 heteroatoms. The summed E-state index contributed by atoms with van der Waals surface area (Å²) in [6, 6.07) is 1.40. The predicted octanol–water partition coefficient (Wildman–Crippen LogP) is 14.7. The maximum Gasteiger partial charge on any atom is 0.293 e. The molecule has 0 spiro atoms. The summed E-state index contributed by atoms with van der Waals surface area (Å²) in [4.78, 5) is 45.4. The quantitative estimate of drug-likeness (QED) is 0.0389. The third-order valence-corrected chi connectivity index (χ3v) is 11.7. The largest absolute Gasteiger partial charge is 0.465 e. The normalized spacial score (nSPS) is 11.3. The van der Waals surface area contributed by atoms with Crippen molar-refractivity contribution in [2.75, 3.05) is 45.2 Å². The molecule has 1 unspecified atom stereocenters. The summed E-state index contributed by atoms with van der Waals surface area (Å²) < 4.78 is 15.3. The minimum Gasteiger partial charge on any atom is -0.465 e. The molecule has 1 atom stereocenters. The van der Waals surface area contributed by atoms with Gasteiger partial charge in [0, 0.05) is 26.3 Å². The third-order valence-electron chi connectivity index (χ3n) is 11.7. The number of carbonyl (C=O) groups excluding carboxylic acids is 2. The van der Waals surface area contributed by atoms with Gasteiger partial charge in [0.2, 0.25) is 10.9 Å². The number of anilines is 1. The van der Waals surface area contributed by atoms with Crippen LogP contribution in [0.5, 0.6) is 0 Å². The van der Waals surface area contributed by atoms with Crippen molar-refractivity contribution in [1.29, 1.82) is 0 Å². The fraction of sp³-hybridized carbons (Fsp3) is 0.889. The van der Waals surface area contributed by atoms with Crippen LogP contribution >= 0.6 is 0 Å². The van der Waals surface area contributed by atoms with Gasteiger partial charge in [0.05, 0.1) is 5.69 Å². The molecule has 0 heterocycles. The van der Waals surface area contributed by atoms with Crippen molar-refractivity contribution in [3.8, 4) is 0 Å². The van der Waals surface area contributed by atoms with Crippen molar-refractivity contribution in [1.82, 2.24) is 4.90 Å². The first-order chi connectivity index (χ1) is 30.9. The number of unbranched alkanes of at least 4 members (excludes halogenated alkanes) is 23. The highest BCUT2D eigenvalue weighted by Crippen LogP contribution is 2.17. The van der Waals surface area contributed by atoms with Gasteiger partial charge in [-0.25, -0.2) is 0 Å². The average molecular weight is 895 g/mol. The number of rotatable bonds is 45. The molecule has 0 bridgehead atoms. The molecule has 1 rings (SSSR count). The van der Waals surface area contributed by atoms with E-state index in [0.29, 0.717) is 18.6 Å². The number of carbonyl (C=O) groups is 2. The zero-order chi connectivity index (χ0) is 47.3. The van der Waals surface area contributed by atoms with Crippen LogP contribution < -0.4 is 16.2 Å². The minimum absolute atomic E-state index is 0.152. The Balaban J connectivity index is -0.000000884. The van der Waals surface area contributed by atoms with Crippen molar-refractivity contribution < 1.29 is 23.8 Å². The van der Waals surface area contributed by atoms with Crippen LogP contribution in [0.1, 0.15) is 260 Å². The molecular formula is C54H106N2O7. The van der Waals surface area contributed by atoms with Crippen molar-refractivity contribution in [2.45, 2.75) is 273 Å². The number of methoxy groups -OCH3 is 1. The molecule has 0 aliphatic heterocycles. The lowest BCUT2D eigenvalue weighted by Crippen LogP contribution is -2.33. The van der Waals surface area contributed by atoms with Crippen LogP contribution in [0.4, 0.5) is 5.69 Å². The van der Waals surface area contributed by atoms with Crippen molar-refractivity contribution >= 4 is 18.6 Å². The van der Waals surface area contributed by atoms with Gasteiger partial charge in [-0.05, 0) is 90.3 Å². The van der Waals surface area contributed by atoms with E-state index >= 15 is 0 Å². The van der Waals surface area contributed by atoms with Crippen LogP contribution in [0, 0.1) is 0 Å². The molecular weight excluding hydrogens is 789 g/mol. The molecule has 0 saturated heterocycles. The molecule has 1 N–H and O–H groups in total. The Kier molecular flexibility index (Phi) is 57.7. The molecule has 0 amide bonds. The zero-order valence-corrected chi connectivity index (χ0v) is 43.1. The van der Waals surface area contributed by atoms with Crippen LogP contribution in [0.3, 0.4) is 0 Å². The monoisotopic (exact) mass is 895 g/mol. The SMILES string of the molecule is CC.CCCCCCCCC(CC)OC=O.CCCCCCCCC(CCCCCCCC)OC=O.CCCCCCCCN(CCCCCCOC)CCCNc1cc(=O)c1=O. The van der Waals surface area contributed by atoms with Gasteiger partial charge in [0.25, 0.3) is 12.9 Å². The Labute approximate surface area is 390 Å². The topological polar surface area (TPSA) is 111 Å². The fourth-order valence-corrected chi connectivity index (χ4v) is 7.62. The second-order valence-corrected chi connectivity index (χ2v) is 17.3. The lowest BCUT2D eigenvalue weighted by Gasteiger charge is -2.22. The highest BCUT2D eigenvalue weighted by molar-refractivity contribution is 5.46. The Morgan fingerprint density at radius 2 is 0.873 bits per heavy atom. The van der Waals surface area contributed by atoms with Crippen molar-refractivity contribution in [3.63, 3.8) is 0 Å². The number of hydrogen-bond acceptors (Lipinski definition) is 9. The summed E-state index contributed by atoms with van der Waals surface area (Å²) >= 11 is 0. The number of nitrogens with zero attached hydrogens (tertiary/aromatic N) is 1. The average Bonchev–Trinajstić information content (AvgIpc) is 3.30. The van der Waals surface area contributed by atoms with E-state index < -0.39 is 0 Å². The maximum absolute atomic E-state index is 11.3. The summed E-state index contributed by atoms with van der Waals surface area (Å²) in [6.07, 6.45) is 41.7. The molecule has 0 aromatic heterocycles. The van der Waals surface area contributed by atoms with Crippen LogP contribution in [-0.2, 0) is 23.8 Å². The number of nitrogens with one attached hydrogen (secondary N) is 1. The van der Waals surface area contributed by atoms with E-state index in [4.69, 9.17) is 14.2 Å². The van der Waals surface area contributed by atoms with Gasteiger partial charge in [-0.1, -0.05) is 190 Å². The molecule has 63 heavy (non-hydrogen) atoms. The van der Waals surface area contributed by atoms with E-state index in [1.807, 2.05) is 13.8 Å². The van der Waals surface area contributed by atoms with Crippen LogP contribution in [0.15, 0.2) is 15.7 Å². The van der Waals surface area contributed by atoms with Gasteiger partial charge in [0.15, 0.2) is 0 Å². The maximum atomic E-state index is 11.3. The van der Waals surface area contributed by atoms with E-state index in [-0.39, 0.29) is 23.1 Å². The second-order valence-electron chi connectivity index (χ2n) is 17.3. The number of ether oxygens (including phenoxy) is 3. The van der Waals surface area contributed by atoms with Gasteiger partial charge in [-0.15, -0.1) is 0 Å². The van der Waals surface area contributed by atoms with Crippen LogP contribution in [0.2, 0.25) is 0 Å². The summed E-state index contributed by atoms with van der Waals surface area (Å²) in [5.74, 6) is 0. The van der Waals surface area contributed by atoms with Crippen LogP contribution in [-0.4, -0.2) is 69.9 Å². The Morgan fingerprint density at radius 3 is 1.25 bits per heavy atom. The second kappa shape index (κ2) is 55.9. The van der Waals surface area contributed by atoms with E-state index in [9.17, 15) is 19.2 Å². The van der Waals surface area contributed by atoms with E-state index in [0.717, 1.165) is 64.8 Å². The molecule has 1 aromatic carbocycles. The molecule has 0 saturated carbocycles. The van der Waals surface area contributed by atoms with E-state index in [1.165, 1.54) is 186 Å². The predicted molar refractivity (Wildman–Crippen MR) is 272 cm³/mol. The Bertz CT molecular complexity index is 1060.